The number of nitrogens with zero attached hydrogens (tertiary/aromatic N) is 2. The summed E-state index contributed by atoms with van der Waals surface area (Å²) in [5, 5.41) is 9.85. The van der Waals surface area contributed by atoms with E-state index in [4.69, 9.17) is 0 Å². The lowest BCUT2D eigenvalue weighted by Gasteiger charge is -2.44. The summed E-state index contributed by atoms with van der Waals surface area (Å²) >= 11 is 0. The molecule has 1 aliphatic carbocycles. The Kier molecular flexibility index (Phi) is 4.21. The van der Waals surface area contributed by atoms with Crippen LogP contribution >= 0.6 is 0 Å². The van der Waals surface area contributed by atoms with Crippen molar-refractivity contribution in [3.63, 3.8) is 0 Å². The van der Waals surface area contributed by atoms with Gasteiger partial charge in [-0.25, -0.2) is 0 Å². The molecule has 1 atom stereocenters. The zero-order valence-electron chi connectivity index (χ0n) is 12.6. The third kappa shape index (κ3) is 3.11. The molecule has 2 aliphatic rings. The van der Waals surface area contributed by atoms with E-state index < -0.39 is 11.5 Å². The second-order valence-corrected chi connectivity index (χ2v) is 7.14. The first-order valence-electron chi connectivity index (χ1n) is 7.53. The van der Waals surface area contributed by atoms with Crippen LogP contribution in [0.15, 0.2) is 0 Å². The fraction of sp³-hybridized carbons (Fsp3) is 0.933. The molecule has 1 heterocycles. The zero-order chi connectivity index (χ0) is 14.1. The molecule has 0 aromatic rings. The highest BCUT2D eigenvalue weighted by atomic mass is 16.4. The summed E-state index contributed by atoms with van der Waals surface area (Å²) in [7, 11) is 2.11. The highest BCUT2D eigenvalue weighted by molar-refractivity contribution is 5.79. The van der Waals surface area contributed by atoms with Crippen LogP contribution < -0.4 is 0 Å². The minimum absolute atomic E-state index is 0.295. The Morgan fingerprint density at radius 1 is 1.00 bits per heavy atom. The third-order valence-electron chi connectivity index (χ3n) is 5.17. The van der Waals surface area contributed by atoms with Crippen LogP contribution in [0.1, 0.15) is 46.0 Å². The Morgan fingerprint density at radius 2 is 1.63 bits per heavy atom. The van der Waals surface area contributed by atoms with E-state index in [9.17, 15) is 9.90 Å². The van der Waals surface area contributed by atoms with Crippen LogP contribution in [-0.4, -0.2) is 59.6 Å². The minimum Gasteiger partial charge on any atom is -0.480 e. The van der Waals surface area contributed by atoms with Crippen LogP contribution in [-0.2, 0) is 4.79 Å². The molecule has 19 heavy (non-hydrogen) atoms. The van der Waals surface area contributed by atoms with E-state index in [1.165, 1.54) is 0 Å². The van der Waals surface area contributed by atoms with Crippen molar-refractivity contribution in [1.29, 1.82) is 0 Å². The van der Waals surface area contributed by atoms with Gasteiger partial charge in [-0.1, -0.05) is 20.3 Å². The molecular weight excluding hydrogens is 240 g/mol. The van der Waals surface area contributed by atoms with Crippen molar-refractivity contribution in [2.45, 2.75) is 51.5 Å². The van der Waals surface area contributed by atoms with E-state index in [1.807, 2.05) is 0 Å². The maximum absolute atomic E-state index is 12.0. The number of carboxylic acids is 1. The van der Waals surface area contributed by atoms with Gasteiger partial charge in [-0.3, -0.25) is 9.69 Å². The van der Waals surface area contributed by atoms with Gasteiger partial charge in [-0.05, 0) is 38.1 Å². The molecule has 2 rings (SSSR count). The van der Waals surface area contributed by atoms with Gasteiger partial charge in [0.05, 0.1) is 0 Å². The predicted octanol–water partition coefficient (Wildman–Crippen LogP) is 2.05. The van der Waals surface area contributed by atoms with E-state index in [2.05, 4.69) is 30.7 Å². The van der Waals surface area contributed by atoms with Gasteiger partial charge in [0.15, 0.2) is 0 Å². The quantitative estimate of drug-likeness (QED) is 0.779. The molecule has 1 unspecified atom stereocenters. The average molecular weight is 268 g/mol. The molecule has 4 heteroatoms. The van der Waals surface area contributed by atoms with Gasteiger partial charge in [-0.15, -0.1) is 0 Å². The molecule has 1 aliphatic heterocycles. The summed E-state index contributed by atoms with van der Waals surface area (Å²) in [4.78, 5) is 16.5. The van der Waals surface area contributed by atoms with Crippen molar-refractivity contribution in [2.24, 2.45) is 5.41 Å². The first kappa shape index (κ1) is 14.8. The number of likely N-dealkylation sites (N-methyl/N-ethyl adjacent to an activating group) is 1. The highest BCUT2D eigenvalue weighted by Crippen LogP contribution is 2.41. The number of hydrogen-bond donors (Lipinski definition) is 1. The van der Waals surface area contributed by atoms with Crippen LogP contribution in [0.4, 0.5) is 0 Å². The molecule has 0 bridgehead atoms. The molecule has 0 spiro atoms. The van der Waals surface area contributed by atoms with E-state index >= 15 is 0 Å². The summed E-state index contributed by atoms with van der Waals surface area (Å²) in [5.74, 6) is -0.602. The maximum Gasteiger partial charge on any atom is 0.324 e. The molecule has 1 N–H and O–H groups in total. The Hall–Kier alpha value is -0.610. The van der Waals surface area contributed by atoms with Gasteiger partial charge >= 0.3 is 5.97 Å². The lowest BCUT2D eigenvalue weighted by molar-refractivity contribution is -0.154. The SMILES string of the molecule is CN1CCN(C2(C(=O)O)CCCC(C)(C)CC2)CC1. The van der Waals surface area contributed by atoms with Gasteiger partial charge in [0, 0.05) is 26.2 Å². The molecule has 1 saturated carbocycles. The molecule has 2 fully saturated rings. The topological polar surface area (TPSA) is 43.8 Å². The van der Waals surface area contributed by atoms with Crippen molar-refractivity contribution < 1.29 is 9.90 Å². The number of aliphatic carboxylic acids is 1. The lowest BCUT2D eigenvalue weighted by Crippen LogP contribution is -2.60. The van der Waals surface area contributed by atoms with E-state index in [-0.39, 0.29) is 0 Å². The van der Waals surface area contributed by atoms with Crippen LogP contribution in [0.5, 0.6) is 0 Å². The largest absolute Gasteiger partial charge is 0.480 e. The molecule has 0 radical (unpaired) electrons. The minimum atomic E-state index is -0.602. The van der Waals surface area contributed by atoms with Gasteiger partial charge in [-0.2, -0.15) is 0 Å². The van der Waals surface area contributed by atoms with E-state index in [0.29, 0.717) is 5.41 Å². The molecule has 110 valence electrons. The molecule has 0 aromatic heterocycles. The fourth-order valence-corrected chi connectivity index (χ4v) is 3.55. The Balaban J connectivity index is 2.16. The summed E-state index contributed by atoms with van der Waals surface area (Å²) in [6.45, 7) is 8.30. The van der Waals surface area contributed by atoms with Gasteiger partial charge in [0.1, 0.15) is 5.54 Å². The number of carbonyl (C=O) groups is 1. The van der Waals surface area contributed by atoms with Gasteiger partial charge in [0.25, 0.3) is 0 Å². The summed E-state index contributed by atoms with van der Waals surface area (Å²) < 4.78 is 0. The second-order valence-electron chi connectivity index (χ2n) is 7.14. The van der Waals surface area contributed by atoms with Crippen molar-refractivity contribution in [1.82, 2.24) is 9.80 Å². The molecule has 1 saturated heterocycles. The van der Waals surface area contributed by atoms with E-state index in [1.54, 1.807) is 0 Å². The van der Waals surface area contributed by atoms with Gasteiger partial charge < -0.3 is 10.0 Å². The molecule has 0 aromatic carbocycles. The smallest absolute Gasteiger partial charge is 0.324 e. The molecule has 0 amide bonds. The molecular formula is C15H28N2O2. The number of carboxylic acid groups (broad SMARTS) is 1. The Morgan fingerprint density at radius 3 is 2.21 bits per heavy atom. The standard InChI is InChI=1S/C15H28N2O2/c1-14(2)5-4-6-15(8-7-14,13(18)19)17-11-9-16(3)10-12-17/h4-12H2,1-3H3,(H,18,19). The summed E-state index contributed by atoms with van der Waals surface area (Å²) in [5.41, 5.74) is -0.307. The normalized spacial score (nSPS) is 33.8. The first-order chi connectivity index (χ1) is 8.86. The number of piperazine rings is 1. The predicted molar refractivity (Wildman–Crippen MR) is 76.3 cm³/mol. The van der Waals surface area contributed by atoms with Crippen LogP contribution in [0, 0.1) is 5.41 Å². The highest BCUT2D eigenvalue weighted by Gasteiger charge is 2.46. The lowest BCUT2D eigenvalue weighted by atomic mass is 9.82. The fourth-order valence-electron chi connectivity index (χ4n) is 3.55. The molecule has 4 nitrogen and oxygen atoms in total. The zero-order valence-corrected chi connectivity index (χ0v) is 12.6. The van der Waals surface area contributed by atoms with E-state index in [0.717, 1.165) is 58.3 Å². The number of rotatable bonds is 2. The van der Waals surface area contributed by atoms with Crippen molar-refractivity contribution in [3.05, 3.63) is 0 Å². The second kappa shape index (κ2) is 5.41. The van der Waals surface area contributed by atoms with Crippen LogP contribution in [0.25, 0.3) is 0 Å². The average Bonchev–Trinajstić information content (AvgIpc) is 2.50. The first-order valence-corrected chi connectivity index (χ1v) is 7.53. The summed E-state index contributed by atoms with van der Waals surface area (Å²) in [6, 6.07) is 0. The van der Waals surface area contributed by atoms with Crippen LogP contribution in [0.2, 0.25) is 0 Å². The third-order valence-corrected chi connectivity index (χ3v) is 5.17. The number of hydrogen-bond acceptors (Lipinski definition) is 3. The maximum atomic E-state index is 12.0. The Bertz CT molecular complexity index is 335. The Labute approximate surface area is 116 Å². The van der Waals surface area contributed by atoms with Crippen molar-refractivity contribution in [2.75, 3.05) is 33.2 Å². The summed E-state index contributed by atoms with van der Waals surface area (Å²) in [6.07, 6.45) is 4.82. The van der Waals surface area contributed by atoms with Crippen LogP contribution in [0.3, 0.4) is 0 Å². The van der Waals surface area contributed by atoms with Crippen molar-refractivity contribution >= 4 is 5.97 Å². The van der Waals surface area contributed by atoms with Gasteiger partial charge in [0.2, 0.25) is 0 Å². The van der Waals surface area contributed by atoms with Crippen molar-refractivity contribution in [3.8, 4) is 0 Å². The monoisotopic (exact) mass is 268 g/mol.